The molecule has 0 bridgehead atoms. The van der Waals surface area contributed by atoms with E-state index >= 15 is 0 Å². The standard InChI is InChI=1S/C15H32N2O/c1-13(2)10-15(12-16,11-14(3)4)17-6-5-8-18-9-7-17/h13-14H,5-12,16H2,1-4H3. The highest BCUT2D eigenvalue weighted by Gasteiger charge is 2.36. The zero-order valence-corrected chi connectivity index (χ0v) is 12.7. The van der Waals surface area contributed by atoms with Crippen LogP contribution in [0.2, 0.25) is 0 Å². The van der Waals surface area contributed by atoms with Gasteiger partial charge in [-0.1, -0.05) is 27.7 Å². The van der Waals surface area contributed by atoms with Gasteiger partial charge < -0.3 is 10.5 Å². The molecule has 1 aliphatic rings. The Morgan fingerprint density at radius 1 is 1.06 bits per heavy atom. The highest BCUT2D eigenvalue weighted by atomic mass is 16.5. The molecule has 0 saturated carbocycles. The summed E-state index contributed by atoms with van der Waals surface area (Å²) in [7, 11) is 0. The number of nitrogens with two attached hydrogens (primary N) is 1. The average molecular weight is 256 g/mol. The third-order valence-corrected chi connectivity index (χ3v) is 3.85. The Bertz CT molecular complexity index is 211. The second-order valence-corrected chi connectivity index (χ2v) is 6.58. The molecule has 0 amide bonds. The first-order valence-corrected chi connectivity index (χ1v) is 7.53. The average Bonchev–Trinajstić information content (AvgIpc) is 2.55. The first-order chi connectivity index (χ1) is 8.50. The van der Waals surface area contributed by atoms with Crippen LogP contribution in [0.3, 0.4) is 0 Å². The Kier molecular flexibility index (Phi) is 6.61. The third kappa shape index (κ3) is 4.52. The van der Waals surface area contributed by atoms with Crippen LogP contribution in [0.4, 0.5) is 0 Å². The molecule has 0 aromatic carbocycles. The number of hydrogen-bond donors (Lipinski definition) is 1. The maximum atomic E-state index is 6.20. The topological polar surface area (TPSA) is 38.5 Å². The van der Waals surface area contributed by atoms with Crippen molar-refractivity contribution in [1.29, 1.82) is 0 Å². The van der Waals surface area contributed by atoms with Crippen molar-refractivity contribution in [2.45, 2.75) is 52.5 Å². The number of ether oxygens (including phenoxy) is 1. The molecule has 1 heterocycles. The molecule has 2 N–H and O–H groups in total. The van der Waals surface area contributed by atoms with E-state index in [0.29, 0.717) is 11.8 Å². The van der Waals surface area contributed by atoms with Gasteiger partial charge in [0, 0.05) is 31.8 Å². The second kappa shape index (κ2) is 7.46. The van der Waals surface area contributed by atoms with E-state index in [1.54, 1.807) is 0 Å². The van der Waals surface area contributed by atoms with Crippen molar-refractivity contribution in [3.8, 4) is 0 Å². The minimum absolute atomic E-state index is 0.177. The lowest BCUT2D eigenvalue weighted by Crippen LogP contribution is -2.56. The Morgan fingerprint density at radius 3 is 2.17 bits per heavy atom. The minimum atomic E-state index is 0.177. The van der Waals surface area contributed by atoms with Crippen molar-refractivity contribution >= 4 is 0 Å². The molecule has 0 unspecified atom stereocenters. The van der Waals surface area contributed by atoms with Crippen LogP contribution in [0.25, 0.3) is 0 Å². The molecular weight excluding hydrogens is 224 g/mol. The van der Waals surface area contributed by atoms with E-state index in [0.717, 1.165) is 39.3 Å². The molecule has 3 heteroatoms. The summed E-state index contributed by atoms with van der Waals surface area (Å²) in [5.41, 5.74) is 6.38. The Balaban J connectivity index is 2.83. The van der Waals surface area contributed by atoms with Crippen LogP contribution < -0.4 is 5.73 Å². The molecule has 18 heavy (non-hydrogen) atoms. The Hall–Kier alpha value is -0.120. The summed E-state index contributed by atoms with van der Waals surface area (Å²) in [6, 6.07) is 0. The van der Waals surface area contributed by atoms with Gasteiger partial charge in [-0.15, -0.1) is 0 Å². The molecule has 1 fully saturated rings. The van der Waals surface area contributed by atoms with Crippen LogP contribution in [0.5, 0.6) is 0 Å². The molecule has 1 saturated heterocycles. The van der Waals surface area contributed by atoms with Gasteiger partial charge in [0.2, 0.25) is 0 Å². The van der Waals surface area contributed by atoms with Gasteiger partial charge in [-0.05, 0) is 31.1 Å². The third-order valence-electron chi connectivity index (χ3n) is 3.85. The number of nitrogens with zero attached hydrogens (tertiary/aromatic N) is 1. The van der Waals surface area contributed by atoms with E-state index in [1.165, 1.54) is 12.8 Å². The first-order valence-electron chi connectivity index (χ1n) is 7.53. The van der Waals surface area contributed by atoms with Crippen LogP contribution in [0.1, 0.15) is 47.0 Å². The van der Waals surface area contributed by atoms with Gasteiger partial charge >= 0.3 is 0 Å². The van der Waals surface area contributed by atoms with Crippen molar-refractivity contribution < 1.29 is 4.74 Å². The van der Waals surface area contributed by atoms with E-state index in [4.69, 9.17) is 10.5 Å². The van der Waals surface area contributed by atoms with E-state index in [1.807, 2.05) is 0 Å². The highest BCUT2D eigenvalue weighted by Crippen LogP contribution is 2.31. The number of hydrogen-bond acceptors (Lipinski definition) is 3. The van der Waals surface area contributed by atoms with Crippen LogP contribution in [0, 0.1) is 11.8 Å². The molecule has 0 aromatic rings. The van der Waals surface area contributed by atoms with Gasteiger partial charge in [0.25, 0.3) is 0 Å². The Labute approximate surface area is 113 Å². The van der Waals surface area contributed by atoms with Gasteiger partial charge in [-0.25, -0.2) is 0 Å². The smallest absolute Gasteiger partial charge is 0.0593 e. The fraction of sp³-hybridized carbons (Fsp3) is 1.00. The fourth-order valence-electron chi connectivity index (χ4n) is 3.38. The Morgan fingerprint density at radius 2 is 1.67 bits per heavy atom. The monoisotopic (exact) mass is 256 g/mol. The number of rotatable bonds is 6. The summed E-state index contributed by atoms with van der Waals surface area (Å²) in [4.78, 5) is 2.61. The van der Waals surface area contributed by atoms with Crippen molar-refractivity contribution in [1.82, 2.24) is 4.90 Å². The molecule has 0 aromatic heterocycles. The molecule has 0 spiro atoms. The predicted octanol–water partition coefficient (Wildman–Crippen LogP) is 2.50. The first kappa shape index (κ1) is 15.9. The molecular formula is C15H32N2O. The minimum Gasteiger partial charge on any atom is -0.380 e. The van der Waals surface area contributed by atoms with Gasteiger partial charge in [0.15, 0.2) is 0 Å². The van der Waals surface area contributed by atoms with Crippen LogP contribution >= 0.6 is 0 Å². The van der Waals surface area contributed by atoms with Crippen molar-refractivity contribution in [3.05, 3.63) is 0 Å². The maximum Gasteiger partial charge on any atom is 0.0593 e. The molecule has 3 nitrogen and oxygen atoms in total. The zero-order chi connectivity index (χ0) is 13.6. The lowest BCUT2D eigenvalue weighted by atomic mass is 9.80. The van der Waals surface area contributed by atoms with Crippen molar-refractivity contribution in [2.75, 3.05) is 32.8 Å². The largest absolute Gasteiger partial charge is 0.380 e. The van der Waals surface area contributed by atoms with Gasteiger partial charge in [0.1, 0.15) is 0 Å². The molecule has 0 atom stereocenters. The summed E-state index contributed by atoms with van der Waals surface area (Å²) >= 11 is 0. The second-order valence-electron chi connectivity index (χ2n) is 6.58. The van der Waals surface area contributed by atoms with Crippen molar-refractivity contribution in [3.63, 3.8) is 0 Å². The zero-order valence-electron chi connectivity index (χ0n) is 12.7. The van der Waals surface area contributed by atoms with E-state index in [2.05, 4.69) is 32.6 Å². The van der Waals surface area contributed by atoms with E-state index in [-0.39, 0.29) is 5.54 Å². The van der Waals surface area contributed by atoms with Crippen LogP contribution in [-0.2, 0) is 4.74 Å². The summed E-state index contributed by atoms with van der Waals surface area (Å²) in [5.74, 6) is 1.38. The maximum absolute atomic E-state index is 6.20. The summed E-state index contributed by atoms with van der Waals surface area (Å²) in [6.07, 6.45) is 3.53. The molecule has 0 aliphatic carbocycles. The van der Waals surface area contributed by atoms with Gasteiger partial charge in [-0.3, -0.25) is 4.90 Å². The van der Waals surface area contributed by atoms with Gasteiger partial charge in [0.05, 0.1) is 6.61 Å². The predicted molar refractivity (Wildman–Crippen MR) is 77.7 cm³/mol. The highest BCUT2D eigenvalue weighted by molar-refractivity contribution is 4.94. The summed E-state index contributed by atoms with van der Waals surface area (Å²) in [5, 5.41) is 0. The molecule has 1 rings (SSSR count). The molecule has 0 radical (unpaired) electrons. The summed E-state index contributed by atoms with van der Waals surface area (Å²) < 4.78 is 5.59. The van der Waals surface area contributed by atoms with Crippen molar-refractivity contribution in [2.24, 2.45) is 17.6 Å². The lowest BCUT2D eigenvalue weighted by molar-refractivity contribution is 0.0484. The summed E-state index contributed by atoms with van der Waals surface area (Å²) in [6.45, 7) is 13.9. The van der Waals surface area contributed by atoms with E-state index in [9.17, 15) is 0 Å². The molecule has 108 valence electrons. The normalized spacial score (nSPS) is 19.5. The SMILES string of the molecule is CC(C)CC(CN)(CC(C)C)N1CCCOCC1. The molecule has 1 aliphatic heterocycles. The van der Waals surface area contributed by atoms with Crippen LogP contribution in [0.15, 0.2) is 0 Å². The van der Waals surface area contributed by atoms with E-state index < -0.39 is 0 Å². The lowest BCUT2D eigenvalue weighted by Gasteiger charge is -2.45. The quantitative estimate of drug-likeness (QED) is 0.793. The van der Waals surface area contributed by atoms with Gasteiger partial charge in [-0.2, -0.15) is 0 Å². The fourth-order valence-corrected chi connectivity index (χ4v) is 3.38. The van der Waals surface area contributed by atoms with Crippen LogP contribution in [-0.4, -0.2) is 43.3 Å².